The van der Waals surface area contributed by atoms with Gasteiger partial charge in [-0.05, 0) is 29.7 Å². The van der Waals surface area contributed by atoms with Gasteiger partial charge in [-0.15, -0.1) is 10.7 Å². The maximum absolute atomic E-state index is 4.99. The monoisotopic (exact) mass is 202 g/mol. The van der Waals surface area contributed by atoms with E-state index in [4.69, 9.17) is 4.84 Å². The highest BCUT2D eigenvalue weighted by Gasteiger charge is 2.08. The van der Waals surface area contributed by atoms with Gasteiger partial charge in [0.1, 0.15) is 11.9 Å². The molecule has 1 N–H and O–H groups in total. The highest BCUT2D eigenvalue weighted by molar-refractivity contribution is 5.44. The summed E-state index contributed by atoms with van der Waals surface area (Å²) in [6.45, 7) is 0.877. The van der Waals surface area contributed by atoms with Crippen molar-refractivity contribution >= 4 is 11.9 Å². The van der Waals surface area contributed by atoms with E-state index in [9.17, 15) is 0 Å². The van der Waals surface area contributed by atoms with Crippen LogP contribution in [0.3, 0.4) is 0 Å². The Kier molecular flexibility index (Phi) is 1.87. The Morgan fingerprint density at radius 3 is 3.33 bits per heavy atom. The zero-order valence-corrected chi connectivity index (χ0v) is 8.10. The van der Waals surface area contributed by atoms with Crippen molar-refractivity contribution in [2.24, 2.45) is 15.3 Å². The SMILES string of the molecule is C1=c2c(ccc3c2=NCCC3)N=NNO1. The van der Waals surface area contributed by atoms with Crippen LogP contribution in [0.1, 0.15) is 12.0 Å². The second kappa shape index (κ2) is 3.34. The number of fused-ring (bicyclic) bond motifs is 3. The molecule has 0 fully saturated rings. The van der Waals surface area contributed by atoms with Gasteiger partial charge in [0.25, 0.3) is 0 Å². The summed E-state index contributed by atoms with van der Waals surface area (Å²) in [6.07, 6.45) is 3.81. The van der Waals surface area contributed by atoms with E-state index in [-0.39, 0.29) is 0 Å². The Hall–Kier alpha value is -1.91. The summed E-state index contributed by atoms with van der Waals surface area (Å²) < 4.78 is 0. The van der Waals surface area contributed by atoms with E-state index in [2.05, 4.69) is 27.0 Å². The molecule has 0 saturated carbocycles. The van der Waals surface area contributed by atoms with E-state index in [1.807, 2.05) is 6.07 Å². The minimum Gasteiger partial charge on any atom is -0.371 e. The van der Waals surface area contributed by atoms with Crippen LogP contribution in [0.15, 0.2) is 27.5 Å². The van der Waals surface area contributed by atoms with E-state index in [0.717, 1.165) is 35.6 Å². The fraction of sp³-hybridized carbons (Fsp3) is 0.300. The van der Waals surface area contributed by atoms with Crippen molar-refractivity contribution in [1.82, 2.24) is 5.59 Å². The average Bonchev–Trinajstić information content (AvgIpc) is 2.54. The van der Waals surface area contributed by atoms with Crippen molar-refractivity contribution in [2.45, 2.75) is 12.8 Å². The first kappa shape index (κ1) is 8.40. The number of nitrogens with zero attached hydrogens (tertiary/aromatic N) is 3. The number of benzene rings is 1. The summed E-state index contributed by atoms with van der Waals surface area (Å²) in [5.74, 6) is 0. The second-order valence-corrected chi connectivity index (χ2v) is 3.52. The van der Waals surface area contributed by atoms with Crippen LogP contribution in [0.2, 0.25) is 0 Å². The van der Waals surface area contributed by atoms with Gasteiger partial charge in [-0.3, -0.25) is 4.99 Å². The summed E-state index contributed by atoms with van der Waals surface area (Å²) in [6, 6.07) is 4.01. The molecule has 2 heterocycles. The Morgan fingerprint density at radius 2 is 2.33 bits per heavy atom. The second-order valence-electron chi connectivity index (χ2n) is 3.52. The molecule has 15 heavy (non-hydrogen) atoms. The molecule has 0 atom stereocenters. The molecule has 0 radical (unpaired) electrons. The topological polar surface area (TPSA) is 58.3 Å². The molecule has 5 nitrogen and oxygen atoms in total. The molecule has 0 aliphatic carbocycles. The van der Waals surface area contributed by atoms with Crippen molar-refractivity contribution in [2.75, 3.05) is 6.54 Å². The van der Waals surface area contributed by atoms with E-state index in [1.54, 1.807) is 6.26 Å². The van der Waals surface area contributed by atoms with Crippen LogP contribution >= 0.6 is 0 Å². The van der Waals surface area contributed by atoms with Crippen LogP contribution in [0.5, 0.6) is 0 Å². The van der Waals surface area contributed by atoms with Crippen LogP contribution in [0.4, 0.5) is 5.69 Å². The Balaban J connectivity index is 2.37. The minimum atomic E-state index is 0.796. The predicted molar refractivity (Wildman–Crippen MR) is 53.6 cm³/mol. The first-order valence-corrected chi connectivity index (χ1v) is 4.93. The summed E-state index contributed by atoms with van der Waals surface area (Å²) in [5.41, 5.74) is 4.42. The molecular weight excluding hydrogens is 192 g/mol. The van der Waals surface area contributed by atoms with Gasteiger partial charge in [-0.1, -0.05) is 6.07 Å². The van der Waals surface area contributed by atoms with Gasteiger partial charge < -0.3 is 4.84 Å². The van der Waals surface area contributed by atoms with Gasteiger partial charge >= 0.3 is 0 Å². The van der Waals surface area contributed by atoms with Crippen LogP contribution in [-0.4, -0.2) is 6.54 Å². The standard InChI is InChI=1S/C10H10N4O/c1-2-7-3-4-9-8(10(7)11-5-1)6-15-14-13-12-9/h3-4,6H,1-2,5H2,(H,12,14). The minimum absolute atomic E-state index is 0.796. The number of hydrogen-bond donors (Lipinski definition) is 1. The third-order valence-corrected chi connectivity index (χ3v) is 2.58. The molecule has 0 unspecified atom stereocenters. The van der Waals surface area contributed by atoms with Crippen molar-refractivity contribution in [3.05, 3.63) is 28.3 Å². The molecule has 0 spiro atoms. The normalized spacial score (nSPS) is 17.1. The van der Waals surface area contributed by atoms with Crippen LogP contribution in [0, 0.1) is 0 Å². The maximum atomic E-state index is 4.99. The first-order valence-electron chi connectivity index (χ1n) is 4.93. The van der Waals surface area contributed by atoms with Crippen LogP contribution in [0.25, 0.3) is 6.26 Å². The zero-order valence-electron chi connectivity index (χ0n) is 8.10. The zero-order chi connectivity index (χ0) is 10.1. The van der Waals surface area contributed by atoms with E-state index < -0.39 is 0 Å². The molecule has 5 heteroatoms. The quantitative estimate of drug-likeness (QED) is 0.667. The molecule has 2 aliphatic rings. The third kappa shape index (κ3) is 1.36. The van der Waals surface area contributed by atoms with Gasteiger partial charge in [0.2, 0.25) is 0 Å². The Morgan fingerprint density at radius 1 is 1.33 bits per heavy atom. The smallest absolute Gasteiger partial charge is 0.132 e. The third-order valence-electron chi connectivity index (χ3n) is 2.58. The van der Waals surface area contributed by atoms with Crippen molar-refractivity contribution in [3.63, 3.8) is 0 Å². The summed E-state index contributed by atoms with van der Waals surface area (Å²) in [4.78, 5) is 9.50. The number of aryl methyl sites for hydroxylation is 1. The molecule has 0 amide bonds. The van der Waals surface area contributed by atoms with Crippen molar-refractivity contribution in [1.29, 1.82) is 0 Å². The highest BCUT2D eigenvalue weighted by atomic mass is 16.7. The summed E-state index contributed by atoms with van der Waals surface area (Å²) in [5, 5.41) is 9.55. The van der Waals surface area contributed by atoms with Crippen LogP contribution in [-0.2, 0) is 11.3 Å². The lowest BCUT2D eigenvalue weighted by Gasteiger charge is -2.07. The van der Waals surface area contributed by atoms with Crippen LogP contribution < -0.4 is 16.2 Å². The van der Waals surface area contributed by atoms with Gasteiger partial charge in [0.05, 0.1) is 10.6 Å². The molecule has 1 aromatic rings. The first-order chi connectivity index (χ1) is 7.45. The fourth-order valence-corrected chi connectivity index (χ4v) is 1.88. The van der Waals surface area contributed by atoms with Gasteiger partial charge in [0.15, 0.2) is 0 Å². The lowest BCUT2D eigenvalue weighted by atomic mass is 10.0. The molecular formula is C10H10N4O. The van der Waals surface area contributed by atoms with Crippen molar-refractivity contribution < 1.29 is 4.84 Å². The lowest BCUT2D eigenvalue weighted by molar-refractivity contribution is 0.170. The van der Waals surface area contributed by atoms with E-state index in [1.165, 1.54) is 5.56 Å². The summed E-state index contributed by atoms with van der Waals surface area (Å²) in [7, 11) is 0. The molecule has 0 saturated heterocycles. The van der Waals surface area contributed by atoms with Gasteiger partial charge in [-0.25, -0.2) is 0 Å². The summed E-state index contributed by atoms with van der Waals surface area (Å²) >= 11 is 0. The highest BCUT2D eigenvalue weighted by Crippen LogP contribution is 2.09. The molecule has 3 rings (SSSR count). The lowest BCUT2D eigenvalue weighted by Crippen LogP contribution is -2.32. The largest absolute Gasteiger partial charge is 0.371 e. The Bertz CT molecular complexity index is 535. The van der Waals surface area contributed by atoms with Crippen molar-refractivity contribution in [3.8, 4) is 0 Å². The predicted octanol–water partition coefficient (Wildman–Crippen LogP) is 0.524. The fourth-order valence-electron chi connectivity index (χ4n) is 1.88. The molecule has 1 aromatic carbocycles. The van der Waals surface area contributed by atoms with Gasteiger partial charge in [0, 0.05) is 6.54 Å². The maximum Gasteiger partial charge on any atom is 0.132 e. The molecule has 76 valence electrons. The van der Waals surface area contributed by atoms with E-state index in [0.29, 0.717) is 0 Å². The molecule has 0 aromatic heterocycles. The van der Waals surface area contributed by atoms with E-state index >= 15 is 0 Å². The average molecular weight is 202 g/mol. The number of nitrogens with one attached hydrogen (secondary N) is 1. The Labute approximate surface area is 86.1 Å². The number of rotatable bonds is 0. The molecule has 2 aliphatic heterocycles. The molecule has 0 bridgehead atoms. The number of hydrogen-bond acceptors (Lipinski definition) is 5. The van der Waals surface area contributed by atoms with Gasteiger partial charge in [-0.2, -0.15) is 0 Å².